The van der Waals surface area contributed by atoms with Crippen LogP contribution < -0.4 is 5.32 Å². The lowest BCUT2D eigenvalue weighted by molar-refractivity contribution is -0.117. The Kier molecular flexibility index (Phi) is 7.09. The second kappa shape index (κ2) is 9.73. The van der Waals surface area contributed by atoms with Crippen molar-refractivity contribution in [2.45, 2.75) is 18.4 Å². The number of benzene rings is 1. The maximum Gasteiger partial charge on any atom is 0.238 e. The molecule has 2 heterocycles. The maximum atomic E-state index is 12.5. The highest BCUT2D eigenvalue weighted by molar-refractivity contribution is 7.99. The zero-order valence-corrected chi connectivity index (χ0v) is 16.5. The number of rotatable bonds is 8. The Labute approximate surface area is 164 Å². The van der Waals surface area contributed by atoms with Crippen LogP contribution in [0.4, 0.5) is 5.69 Å². The van der Waals surface area contributed by atoms with Gasteiger partial charge in [-0.2, -0.15) is 0 Å². The molecule has 3 rings (SSSR count). The zero-order chi connectivity index (χ0) is 19.1. The van der Waals surface area contributed by atoms with E-state index in [2.05, 4.69) is 26.9 Å². The van der Waals surface area contributed by atoms with Gasteiger partial charge in [-0.3, -0.25) is 14.6 Å². The van der Waals surface area contributed by atoms with Crippen molar-refractivity contribution in [1.82, 2.24) is 15.0 Å². The van der Waals surface area contributed by atoms with Gasteiger partial charge in [0.25, 0.3) is 0 Å². The standard InChI is InChI=1S/C20H26N4O2S/c1-3-12-27-19-7-5-4-6-18(19)21-20(25)15-24-10-8-23(9-11-24)14-17-13-16(2)22-26-17/h3-7,13H,1,8-12,14-15H2,2H3,(H,21,25). The molecule has 0 saturated carbocycles. The SMILES string of the molecule is C=CCSc1ccccc1NC(=O)CN1CCN(Cc2cc(C)no2)CC1. The van der Waals surface area contributed by atoms with Crippen molar-refractivity contribution in [3.05, 3.63) is 54.4 Å². The van der Waals surface area contributed by atoms with Crippen LogP contribution in [0.15, 0.2) is 52.4 Å². The fraction of sp³-hybridized carbons (Fsp3) is 0.400. The van der Waals surface area contributed by atoms with E-state index in [-0.39, 0.29) is 5.91 Å². The summed E-state index contributed by atoms with van der Waals surface area (Å²) in [5.74, 6) is 1.74. The number of hydrogen-bond acceptors (Lipinski definition) is 6. The van der Waals surface area contributed by atoms with Crippen molar-refractivity contribution < 1.29 is 9.32 Å². The van der Waals surface area contributed by atoms with Gasteiger partial charge in [-0.05, 0) is 19.1 Å². The maximum absolute atomic E-state index is 12.5. The van der Waals surface area contributed by atoms with E-state index in [9.17, 15) is 4.79 Å². The highest BCUT2D eigenvalue weighted by atomic mass is 32.2. The third kappa shape index (κ3) is 5.95. The van der Waals surface area contributed by atoms with Crippen molar-refractivity contribution >= 4 is 23.4 Å². The summed E-state index contributed by atoms with van der Waals surface area (Å²) in [5, 5.41) is 6.98. The second-order valence-electron chi connectivity index (χ2n) is 6.63. The molecule has 1 aliphatic heterocycles. The summed E-state index contributed by atoms with van der Waals surface area (Å²) in [6.45, 7) is 10.4. The van der Waals surface area contributed by atoms with Crippen LogP contribution >= 0.6 is 11.8 Å². The van der Waals surface area contributed by atoms with E-state index in [1.165, 1.54) is 0 Å². The van der Waals surface area contributed by atoms with Crippen molar-refractivity contribution in [1.29, 1.82) is 0 Å². The minimum absolute atomic E-state index is 0.0287. The van der Waals surface area contributed by atoms with E-state index in [1.807, 2.05) is 43.3 Å². The van der Waals surface area contributed by atoms with Crippen LogP contribution in [0.5, 0.6) is 0 Å². The summed E-state index contributed by atoms with van der Waals surface area (Å²) in [6, 6.07) is 9.87. The minimum Gasteiger partial charge on any atom is -0.360 e. The molecule has 0 radical (unpaired) electrons. The molecule has 1 aromatic heterocycles. The second-order valence-corrected chi connectivity index (χ2v) is 7.69. The third-order valence-corrected chi connectivity index (χ3v) is 5.48. The summed E-state index contributed by atoms with van der Waals surface area (Å²) in [4.78, 5) is 18.1. The van der Waals surface area contributed by atoms with Crippen LogP contribution in [0.3, 0.4) is 0 Å². The molecule has 1 saturated heterocycles. The predicted molar refractivity (Wildman–Crippen MR) is 109 cm³/mol. The van der Waals surface area contributed by atoms with Crippen LogP contribution in [0.25, 0.3) is 0 Å². The van der Waals surface area contributed by atoms with Crippen LogP contribution in [-0.4, -0.2) is 59.3 Å². The fourth-order valence-electron chi connectivity index (χ4n) is 3.05. The van der Waals surface area contributed by atoms with Crippen LogP contribution in [0.2, 0.25) is 0 Å². The fourth-order valence-corrected chi connectivity index (χ4v) is 3.80. The number of nitrogens with one attached hydrogen (secondary N) is 1. The first-order valence-corrected chi connectivity index (χ1v) is 10.1. The van der Waals surface area contributed by atoms with E-state index in [0.29, 0.717) is 6.54 Å². The molecule has 144 valence electrons. The Balaban J connectivity index is 1.45. The first kappa shape index (κ1) is 19.7. The Bertz CT molecular complexity index is 769. The van der Waals surface area contributed by atoms with E-state index in [4.69, 9.17) is 4.52 Å². The van der Waals surface area contributed by atoms with Gasteiger partial charge in [0, 0.05) is 42.9 Å². The number of hydrogen-bond donors (Lipinski definition) is 1. The summed E-state index contributed by atoms with van der Waals surface area (Å²) in [5.41, 5.74) is 1.78. The van der Waals surface area contributed by atoms with E-state index < -0.39 is 0 Å². The molecular weight excluding hydrogens is 360 g/mol. The van der Waals surface area contributed by atoms with Gasteiger partial charge in [0.1, 0.15) is 0 Å². The predicted octanol–water partition coefficient (Wildman–Crippen LogP) is 3.02. The number of amides is 1. The molecule has 0 spiro atoms. The molecule has 0 aliphatic carbocycles. The number of para-hydroxylation sites is 1. The molecule has 2 aromatic rings. The number of aromatic nitrogens is 1. The molecule has 0 bridgehead atoms. The van der Waals surface area contributed by atoms with E-state index >= 15 is 0 Å². The first-order valence-electron chi connectivity index (χ1n) is 9.13. The number of thioether (sulfide) groups is 1. The molecule has 1 amide bonds. The molecule has 1 N–H and O–H groups in total. The van der Waals surface area contributed by atoms with E-state index in [0.717, 1.165) is 60.5 Å². The highest BCUT2D eigenvalue weighted by Crippen LogP contribution is 2.26. The van der Waals surface area contributed by atoms with Crippen LogP contribution in [0, 0.1) is 6.92 Å². The lowest BCUT2D eigenvalue weighted by atomic mass is 10.2. The van der Waals surface area contributed by atoms with Gasteiger partial charge in [0.2, 0.25) is 5.91 Å². The average Bonchev–Trinajstić information content (AvgIpc) is 3.07. The lowest BCUT2D eigenvalue weighted by Crippen LogP contribution is -2.48. The van der Waals surface area contributed by atoms with Crippen molar-refractivity contribution in [3.63, 3.8) is 0 Å². The Morgan fingerprint density at radius 1 is 1.30 bits per heavy atom. The molecule has 7 heteroatoms. The minimum atomic E-state index is 0.0287. The average molecular weight is 387 g/mol. The first-order chi connectivity index (χ1) is 13.1. The molecule has 1 aliphatic rings. The van der Waals surface area contributed by atoms with E-state index in [1.54, 1.807) is 11.8 Å². The molecule has 0 atom stereocenters. The molecule has 1 fully saturated rings. The molecule has 6 nitrogen and oxygen atoms in total. The number of carbonyl (C=O) groups is 1. The van der Waals surface area contributed by atoms with Gasteiger partial charge in [0.05, 0.1) is 24.5 Å². The van der Waals surface area contributed by atoms with Gasteiger partial charge in [-0.15, -0.1) is 18.3 Å². The summed E-state index contributed by atoms with van der Waals surface area (Å²) < 4.78 is 5.29. The number of nitrogens with zero attached hydrogens (tertiary/aromatic N) is 3. The third-order valence-electron chi connectivity index (χ3n) is 4.41. The monoisotopic (exact) mass is 386 g/mol. The van der Waals surface area contributed by atoms with Gasteiger partial charge in [-0.1, -0.05) is 23.4 Å². The van der Waals surface area contributed by atoms with Gasteiger partial charge >= 0.3 is 0 Å². The normalized spacial score (nSPS) is 15.6. The molecule has 1 aromatic carbocycles. The Morgan fingerprint density at radius 2 is 2.04 bits per heavy atom. The molecular formula is C20H26N4O2S. The Hall–Kier alpha value is -2.09. The quantitative estimate of drug-likeness (QED) is 0.556. The van der Waals surface area contributed by atoms with Gasteiger partial charge < -0.3 is 9.84 Å². The van der Waals surface area contributed by atoms with Gasteiger partial charge in [0.15, 0.2) is 5.76 Å². The topological polar surface area (TPSA) is 61.6 Å². The van der Waals surface area contributed by atoms with Gasteiger partial charge in [-0.25, -0.2) is 0 Å². The van der Waals surface area contributed by atoms with Crippen LogP contribution in [-0.2, 0) is 11.3 Å². The summed E-state index contributed by atoms with van der Waals surface area (Å²) in [7, 11) is 0. The lowest BCUT2D eigenvalue weighted by Gasteiger charge is -2.33. The molecule has 0 unspecified atom stereocenters. The van der Waals surface area contributed by atoms with Crippen molar-refractivity contribution in [3.8, 4) is 0 Å². The number of aryl methyl sites for hydroxylation is 1. The number of piperazine rings is 1. The van der Waals surface area contributed by atoms with Crippen molar-refractivity contribution in [2.75, 3.05) is 43.8 Å². The highest BCUT2D eigenvalue weighted by Gasteiger charge is 2.20. The summed E-state index contributed by atoms with van der Waals surface area (Å²) in [6.07, 6.45) is 1.86. The summed E-state index contributed by atoms with van der Waals surface area (Å²) >= 11 is 1.67. The zero-order valence-electron chi connectivity index (χ0n) is 15.7. The number of anilines is 1. The largest absolute Gasteiger partial charge is 0.360 e. The smallest absolute Gasteiger partial charge is 0.238 e. The van der Waals surface area contributed by atoms with Crippen LogP contribution in [0.1, 0.15) is 11.5 Å². The number of carbonyl (C=O) groups excluding carboxylic acids is 1. The molecule has 27 heavy (non-hydrogen) atoms. The Morgan fingerprint density at radius 3 is 2.74 bits per heavy atom. The van der Waals surface area contributed by atoms with Crippen molar-refractivity contribution in [2.24, 2.45) is 0 Å².